The van der Waals surface area contributed by atoms with Crippen molar-refractivity contribution in [3.05, 3.63) is 115 Å². The number of para-hydroxylation sites is 1. The fraction of sp³-hybridized carbons (Fsp3) is 0.250. The second-order valence-corrected chi connectivity index (χ2v) is 11.3. The number of nitrogens with two attached hydrogens (primary N) is 1. The molecular formula is C32H29BrClN3O2. The molecule has 5 nitrogen and oxygen atoms in total. The van der Waals surface area contributed by atoms with Crippen LogP contribution in [0, 0.1) is 32.1 Å². The molecule has 0 amide bonds. The van der Waals surface area contributed by atoms with Gasteiger partial charge in [-0.3, -0.25) is 9.69 Å². The topological polar surface area (TPSA) is 79.4 Å². The van der Waals surface area contributed by atoms with Gasteiger partial charge in [0.2, 0.25) is 0 Å². The summed E-state index contributed by atoms with van der Waals surface area (Å²) >= 11 is 10.0. The molecule has 1 atom stereocenters. The Kier molecular flexibility index (Phi) is 7.57. The summed E-state index contributed by atoms with van der Waals surface area (Å²) in [6.45, 7) is 6.34. The molecule has 2 aliphatic rings. The molecule has 39 heavy (non-hydrogen) atoms. The number of carbonyl (C=O) groups is 1. The number of benzene rings is 3. The van der Waals surface area contributed by atoms with Crippen LogP contribution in [0.15, 0.2) is 81.7 Å². The van der Waals surface area contributed by atoms with E-state index in [-0.39, 0.29) is 5.78 Å². The number of rotatable bonds is 5. The van der Waals surface area contributed by atoms with Crippen molar-refractivity contribution in [3.8, 4) is 11.8 Å². The Morgan fingerprint density at radius 2 is 1.87 bits per heavy atom. The third kappa shape index (κ3) is 4.86. The number of halogens is 2. The summed E-state index contributed by atoms with van der Waals surface area (Å²) in [7, 11) is 0. The normalized spacial score (nSPS) is 17.3. The fourth-order valence-corrected chi connectivity index (χ4v) is 6.18. The number of Topliss-reactive ketones (excluding diaryl/α,β-unsaturated/α-hetero) is 1. The molecule has 1 aliphatic heterocycles. The predicted molar refractivity (Wildman–Crippen MR) is 159 cm³/mol. The average Bonchev–Trinajstić information content (AvgIpc) is 2.91. The highest BCUT2D eigenvalue weighted by Gasteiger charge is 2.41. The third-order valence-electron chi connectivity index (χ3n) is 7.65. The standard InChI is InChI=1S/C32H29BrClN3O2/c1-18-14-19(2)22(15-21(18)17-39-29-13-5-4-8-24(29)33)30-23(16-35)32(36)37(26-10-6-9-25(34)20(26)3)27-11-7-12-28(38)31(27)30/h4-6,8-10,13-15,30H,7,11-12,17,36H2,1-3H3. The minimum atomic E-state index is -0.545. The minimum Gasteiger partial charge on any atom is -0.488 e. The quantitative estimate of drug-likeness (QED) is 0.321. The number of hydrogen-bond donors (Lipinski definition) is 1. The van der Waals surface area contributed by atoms with Gasteiger partial charge in [0.15, 0.2) is 5.78 Å². The van der Waals surface area contributed by atoms with Gasteiger partial charge in [0.1, 0.15) is 18.2 Å². The van der Waals surface area contributed by atoms with Crippen LogP contribution in [-0.2, 0) is 11.4 Å². The van der Waals surface area contributed by atoms with E-state index in [1.807, 2.05) is 68.1 Å². The van der Waals surface area contributed by atoms with E-state index < -0.39 is 5.92 Å². The maximum Gasteiger partial charge on any atom is 0.161 e. The molecule has 198 valence electrons. The summed E-state index contributed by atoms with van der Waals surface area (Å²) in [6.07, 6.45) is 1.86. The van der Waals surface area contributed by atoms with Crippen LogP contribution in [0.25, 0.3) is 0 Å². The van der Waals surface area contributed by atoms with E-state index >= 15 is 0 Å². The molecule has 0 saturated heterocycles. The van der Waals surface area contributed by atoms with Crippen molar-refractivity contribution in [3.63, 3.8) is 0 Å². The zero-order chi connectivity index (χ0) is 27.8. The van der Waals surface area contributed by atoms with E-state index in [4.69, 9.17) is 22.1 Å². The van der Waals surface area contributed by atoms with E-state index in [1.54, 1.807) is 0 Å². The van der Waals surface area contributed by atoms with Crippen LogP contribution in [-0.4, -0.2) is 5.78 Å². The first-order chi connectivity index (χ1) is 18.7. The van der Waals surface area contributed by atoms with Crippen LogP contribution in [0.3, 0.4) is 0 Å². The number of nitrogens with zero attached hydrogens (tertiary/aromatic N) is 2. The maximum absolute atomic E-state index is 13.6. The van der Waals surface area contributed by atoms with Crippen LogP contribution >= 0.6 is 27.5 Å². The number of anilines is 1. The van der Waals surface area contributed by atoms with Crippen molar-refractivity contribution >= 4 is 39.0 Å². The highest BCUT2D eigenvalue weighted by molar-refractivity contribution is 9.10. The number of ketones is 1. The maximum atomic E-state index is 13.6. The van der Waals surface area contributed by atoms with Gasteiger partial charge >= 0.3 is 0 Å². The number of aryl methyl sites for hydroxylation is 2. The smallest absolute Gasteiger partial charge is 0.161 e. The first kappa shape index (κ1) is 27.1. The molecule has 1 aliphatic carbocycles. The van der Waals surface area contributed by atoms with E-state index in [9.17, 15) is 10.1 Å². The zero-order valence-corrected chi connectivity index (χ0v) is 24.5. The van der Waals surface area contributed by atoms with Gasteiger partial charge in [0.25, 0.3) is 0 Å². The van der Waals surface area contributed by atoms with E-state index in [0.717, 1.165) is 55.8 Å². The van der Waals surface area contributed by atoms with Gasteiger partial charge in [0.05, 0.1) is 27.7 Å². The van der Waals surface area contributed by atoms with Crippen molar-refractivity contribution in [2.24, 2.45) is 5.73 Å². The summed E-state index contributed by atoms with van der Waals surface area (Å²) in [5, 5.41) is 11.1. The van der Waals surface area contributed by atoms with Crippen LogP contribution in [0.4, 0.5) is 5.69 Å². The highest BCUT2D eigenvalue weighted by atomic mass is 79.9. The van der Waals surface area contributed by atoms with Crippen LogP contribution in [0.1, 0.15) is 53.0 Å². The molecule has 2 N–H and O–H groups in total. The second kappa shape index (κ2) is 10.9. The first-order valence-corrected chi connectivity index (χ1v) is 14.1. The Balaban J connectivity index is 1.66. The van der Waals surface area contributed by atoms with Gasteiger partial charge in [-0.25, -0.2) is 0 Å². The summed E-state index contributed by atoms with van der Waals surface area (Å²) in [4.78, 5) is 15.5. The predicted octanol–water partition coefficient (Wildman–Crippen LogP) is 7.91. The Bertz CT molecular complexity index is 1600. The number of carbonyl (C=O) groups excluding carboxylic acids is 1. The molecule has 1 unspecified atom stereocenters. The Labute approximate surface area is 242 Å². The van der Waals surface area contributed by atoms with E-state index in [1.165, 1.54) is 0 Å². The molecule has 0 bridgehead atoms. The average molecular weight is 603 g/mol. The molecule has 3 aromatic carbocycles. The van der Waals surface area contributed by atoms with Crippen molar-refractivity contribution in [1.82, 2.24) is 0 Å². The van der Waals surface area contributed by atoms with Crippen LogP contribution in [0.5, 0.6) is 5.75 Å². The summed E-state index contributed by atoms with van der Waals surface area (Å²) in [6, 6.07) is 19.9. The molecule has 7 heteroatoms. The van der Waals surface area contributed by atoms with Crippen LogP contribution < -0.4 is 15.4 Å². The zero-order valence-electron chi connectivity index (χ0n) is 22.1. The lowest BCUT2D eigenvalue weighted by Crippen LogP contribution is -2.39. The van der Waals surface area contributed by atoms with Gasteiger partial charge in [0, 0.05) is 22.7 Å². The van der Waals surface area contributed by atoms with Crippen molar-refractivity contribution in [2.45, 2.75) is 52.6 Å². The molecule has 3 aromatic rings. The van der Waals surface area contributed by atoms with Gasteiger partial charge in [-0.15, -0.1) is 0 Å². The summed E-state index contributed by atoms with van der Waals surface area (Å²) in [5.74, 6) is 0.597. The third-order valence-corrected chi connectivity index (χ3v) is 8.71. The van der Waals surface area contributed by atoms with Gasteiger partial charge in [-0.05, 0) is 102 Å². The number of nitriles is 1. The molecule has 0 saturated carbocycles. The number of allylic oxidation sites excluding steroid dienone is 3. The Morgan fingerprint density at radius 1 is 1.10 bits per heavy atom. The van der Waals surface area contributed by atoms with Gasteiger partial charge in [-0.2, -0.15) is 5.26 Å². The molecule has 0 aromatic heterocycles. The molecule has 5 rings (SSSR count). The monoisotopic (exact) mass is 601 g/mol. The van der Waals surface area contributed by atoms with E-state index in [0.29, 0.717) is 41.4 Å². The van der Waals surface area contributed by atoms with Gasteiger partial charge in [-0.1, -0.05) is 41.9 Å². The molecule has 0 radical (unpaired) electrons. The highest BCUT2D eigenvalue weighted by Crippen LogP contribution is 2.48. The lowest BCUT2D eigenvalue weighted by Gasteiger charge is -2.40. The molecule has 1 heterocycles. The van der Waals surface area contributed by atoms with E-state index in [2.05, 4.69) is 34.1 Å². The molecule has 0 spiro atoms. The SMILES string of the molecule is Cc1cc(C)c(C2C(C#N)=C(N)N(c3cccc(Cl)c3C)C3=C2C(=O)CCC3)cc1COc1ccccc1Br. The first-order valence-electron chi connectivity index (χ1n) is 12.9. The lowest BCUT2D eigenvalue weighted by molar-refractivity contribution is -0.116. The second-order valence-electron chi connectivity index (χ2n) is 10.1. The van der Waals surface area contributed by atoms with Crippen LogP contribution in [0.2, 0.25) is 5.02 Å². The Morgan fingerprint density at radius 3 is 2.62 bits per heavy atom. The largest absolute Gasteiger partial charge is 0.488 e. The van der Waals surface area contributed by atoms with Crippen molar-refractivity contribution in [2.75, 3.05) is 4.90 Å². The summed E-state index contributed by atoms with van der Waals surface area (Å²) in [5.41, 5.74) is 14.3. The molecular weight excluding hydrogens is 574 g/mol. The lowest BCUT2D eigenvalue weighted by atomic mass is 9.74. The molecule has 0 fully saturated rings. The van der Waals surface area contributed by atoms with Crippen molar-refractivity contribution < 1.29 is 9.53 Å². The number of ether oxygens (including phenoxy) is 1. The Hall–Kier alpha value is -3.53. The van der Waals surface area contributed by atoms with Gasteiger partial charge < -0.3 is 10.5 Å². The van der Waals surface area contributed by atoms with Crippen molar-refractivity contribution in [1.29, 1.82) is 5.26 Å². The summed E-state index contributed by atoms with van der Waals surface area (Å²) < 4.78 is 7.02. The minimum absolute atomic E-state index is 0.0529. The fourth-order valence-electron chi connectivity index (χ4n) is 5.61. The number of hydrogen-bond acceptors (Lipinski definition) is 5.